The lowest BCUT2D eigenvalue weighted by atomic mass is 10.1. The Morgan fingerprint density at radius 3 is 2.55 bits per heavy atom. The number of nitrogens with two attached hydrogens (primary N) is 1. The molecule has 0 atom stereocenters. The molecule has 1 heterocycles. The lowest BCUT2D eigenvalue weighted by Gasteiger charge is -2.07. The fraction of sp³-hybridized carbons (Fsp3) is 0.0769. The topological polar surface area (TPSA) is 85.3 Å². The van der Waals surface area contributed by atoms with Gasteiger partial charge in [0.05, 0.1) is 16.7 Å². The molecular formula is C13H10BrFN2O3. The molecule has 0 spiro atoms. The van der Waals surface area contributed by atoms with Crippen molar-refractivity contribution in [2.75, 3.05) is 0 Å². The van der Waals surface area contributed by atoms with Gasteiger partial charge in [-0.15, -0.1) is 0 Å². The molecule has 0 saturated heterocycles. The van der Waals surface area contributed by atoms with Crippen molar-refractivity contribution < 1.29 is 19.1 Å². The summed E-state index contributed by atoms with van der Waals surface area (Å²) < 4.78 is 15.7. The summed E-state index contributed by atoms with van der Waals surface area (Å²) in [5.41, 5.74) is 5.67. The van der Waals surface area contributed by atoms with Gasteiger partial charge in [-0.1, -0.05) is 0 Å². The third-order valence-electron chi connectivity index (χ3n) is 2.76. The van der Waals surface area contributed by atoms with Gasteiger partial charge in [0.25, 0.3) is 0 Å². The van der Waals surface area contributed by atoms with Crippen LogP contribution in [0.15, 0.2) is 35.1 Å². The zero-order valence-electron chi connectivity index (χ0n) is 10.1. The molecule has 2 rings (SSSR count). The Hall–Kier alpha value is -2.15. The van der Waals surface area contributed by atoms with E-state index >= 15 is 0 Å². The van der Waals surface area contributed by atoms with Crippen LogP contribution in [0.4, 0.5) is 4.39 Å². The number of aromatic nitrogens is 1. The summed E-state index contributed by atoms with van der Waals surface area (Å²) in [5, 5.41) is 8.89. The molecule has 20 heavy (non-hydrogen) atoms. The van der Waals surface area contributed by atoms with Crippen LogP contribution in [0.1, 0.15) is 26.3 Å². The molecule has 0 bridgehead atoms. The van der Waals surface area contributed by atoms with E-state index in [0.717, 1.165) is 6.07 Å². The summed E-state index contributed by atoms with van der Waals surface area (Å²) in [7, 11) is 0. The Morgan fingerprint density at radius 2 is 2.00 bits per heavy atom. The van der Waals surface area contributed by atoms with Crippen LogP contribution in [0.2, 0.25) is 0 Å². The molecule has 104 valence electrons. The zero-order chi connectivity index (χ0) is 14.9. The van der Waals surface area contributed by atoms with E-state index in [1.54, 1.807) is 0 Å². The first kappa shape index (κ1) is 14.3. The number of carboxylic acids is 1. The number of carboxylic acid groups (broad SMARTS) is 1. The standard InChI is InChI=1S/C13H10BrFN2O3/c14-11-4-9(13(19)20)6-17(11)5-8-3-7(12(16)18)1-2-10(8)15/h1-4,6H,5H2,(H2,16,18)(H,19,20). The van der Waals surface area contributed by atoms with Gasteiger partial charge in [-0.25, -0.2) is 9.18 Å². The second kappa shape index (κ2) is 5.46. The van der Waals surface area contributed by atoms with Gasteiger partial charge in [0.2, 0.25) is 5.91 Å². The van der Waals surface area contributed by atoms with Crippen molar-refractivity contribution in [3.05, 3.63) is 57.6 Å². The summed E-state index contributed by atoms with van der Waals surface area (Å²) in [4.78, 5) is 21.9. The van der Waals surface area contributed by atoms with Crippen molar-refractivity contribution in [2.24, 2.45) is 5.73 Å². The van der Waals surface area contributed by atoms with Crippen molar-refractivity contribution in [1.29, 1.82) is 0 Å². The highest BCUT2D eigenvalue weighted by Crippen LogP contribution is 2.19. The third kappa shape index (κ3) is 2.88. The molecule has 0 unspecified atom stereocenters. The average Bonchev–Trinajstić information content (AvgIpc) is 2.73. The molecule has 0 fully saturated rings. The van der Waals surface area contributed by atoms with E-state index in [1.165, 1.54) is 29.0 Å². The van der Waals surface area contributed by atoms with Crippen LogP contribution in [0.5, 0.6) is 0 Å². The third-order valence-corrected chi connectivity index (χ3v) is 3.45. The first-order valence-electron chi connectivity index (χ1n) is 5.55. The monoisotopic (exact) mass is 340 g/mol. The number of carbonyl (C=O) groups excluding carboxylic acids is 1. The molecule has 5 nitrogen and oxygen atoms in total. The van der Waals surface area contributed by atoms with E-state index in [4.69, 9.17) is 10.8 Å². The van der Waals surface area contributed by atoms with Crippen molar-refractivity contribution in [3.8, 4) is 0 Å². The predicted molar refractivity (Wildman–Crippen MR) is 73.1 cm³/mol. The van der Waals surface area contributed by atoms with Gasteiger partial charge in [-0.05, 0) is 40.2 Å². The molecule has 0 aliphatic rings. The van der Waals surface area contributed by atoms with Crippen LogP contribution in [-0.2, 0) is 6.54 Å². The van der Waals surface area contributed by atoms with Crippen molar-refractivity contribution >= 4 is 27.8 Å². The maximum absolute atomic E-state index is 13.7. The molecule has 0 radical (unpaired) electrons. The fourth-order valence-electron chi connectivity index (χ4n) is 1.75. The molecule has 0 aliphatic carbocycles. The minimum absolute atomic E-state index is 0.0841. The molecule has 1 aromatic heterocycles. The SMILES string of the molecule is NC(=O)c1ccc(F)c(Cn2cc(C(=O)O)cc2Br)c1. The van der Waals surface area contributed by atoms with Gasteiger partial charge < -0.3 is 15.4 Å². The lowest BCUT2D eigenvalue weighted by Crippen LogP contribution is -2.12. The highest BCUT2D eigenvalue weighted by molar-refractivity contribution is 9.10. The molecular weight excluding hydrogens is 331 g/mol. The highest BCUT2D eigenvalue weighted by Gasteiger charge is 2.12. The number of hydrogen-bond donors (Lipinski definition) is 2. The van der Waals surface area contributed by atoms with Gasteiger partial charge in [0.1, 0.15) is 5.82 Å². The summed E-state index contributed by atoms with van der Waals surface area (Å²) in [6, 6.07) is 5.22. The van der Waals surface area contributed by atoms with Crippen LogP contribution in [-0.4, -0.2) is 21.6 Å². The van der Waals surface area contributed by atoms with Crippen molar-refractivity contribution in [2.45, 2.75) is 6.54 Å². The minimum atomic E-state index is -1.07. The molecule has 1 aromatic carbocycles. The van der Waals surface area contributed by atoms with Crippen molar-refractivity contribution in [3.63, 3.8) is 0 Å². The minimum Gasteiger partial charge on any atom is -0.478 e. The maximum atomic E-state index is 13.7. The smallest absolute Gasteiger partial charge is 0.337 e. The van der Waals surface area contributed by atoms with Crippen LogP contribution in [0, 0.1) is 5.82 Å². The molecule has 1 amide bonds. The van der Waals surface area contributed by atoms with E-state index in [2.05, 4.69) is 15.9 Å². The number of aromatic carboxylic acids is 1. The van der Waals surface area contributed by atoms with E-state index in [0.29, 0.717) is 4.60 Å². The van der Waals surface area contributed by atoms with Gasteiger partial charge >= 0.3 is 5.97 Å². The Kier molecular flexibility index (Phi) is 3.89. The van der Waals surface area contributed by atoms with E-state index < -0.39 is 17.7 Å². The Labute approximate surface area is 121 Å². The largest absolute Gasteiger partial charge is 0.478 e. The van der Waals surface area contributed by atoms with Crippen LogP contribution in [0.3, 0.4) is 0 Å². The quantitative estimate of drug-likeness (QED) is 0.894. The first-order chi connectivity index (χ1) is 9.38. The summed E-state index contributed by atoms with van der Waals surface area (Å²) in [6.07, 6.45) is 1.38. The van der Waals surface area contributed by atoms with E-state index in [9.17, 15) is 14.0 Å². The summed E-state index contributed by atoms with van der Waals surface area (Å²) in [5.74, 6) is -2.22. The molecule has 7 heteroatoms. The Bertz CT molecular complexity index is 697. The number of carbonyl (C=O) groups is 2. The first-order valence-corrected chi connectivity index (χ1v) is 6.35. The molecule has 0 aliphatic heterocycles. The van der Waals surface area contributed by atoms with Crippen LogP contribution < -0.4 is 5.73 Å². The Morgan fingerprint density at radius 1 is 1.30 bits per heavy atom. The van der Waals surface area contributed by atoms with E-state index in [1.807, 2.05) is 0 Å². The summed E-state index contributed by atoms with van der Waals surface area (Å²) >= 11 is 3.20. The normalized spacial score (nSPS) is 10.5. The lowest BCUT2D eigenvalue weighted by molar-refractivity contribution is 0.0696. The number of benzene rings is 1. The van der Waals surface area contributed by atoms with Gasteiger partial charge in [-0.2, -0.15) is 0 Å². The van der Waals surface area contributed by atoms with Crippen LogP contribution >= 0.6 is 15.9 Å². The fourth-order valence-corrected chi connectivity index (χ4v) is 2.22. The number of hydrogen-bond acceptors (Lipinski definition) is 2. The highest BCUT2D eigenvalue weighted by atomic mass is 79.9. The number of amides is 1. The molecule has 3 N–H and O–H groups in total. The second-order valence-electron chi connectivity index (χ2n) is 4.15. The number of primary amides is 1. The van der Waals surface area contributed by atoms with Gasteiger partial charge in [0.15, 0.2) is 0 Å². The van der Waals surface area contributed by atoms with Crippen molar-refractivity contribution in [1.82, 2.24) is 4.57 Å². The molecule has 2 aromatic rings. The zero-order valence-corrected chi connectivity index (χ0v) is 11.7. The number of nitrogens with zero attached hydrogens (tertiary/aromatic N) is 1. The molecule has 0 saturated carbocycles. The predicted octanol–water partition coefficient (Wildman–Crippen LogP) is 2.24. The summed E-state index contributed by atoms with van der Waals surface area (Å²) in [6.45, 7) is 0.0841. The van der Waals surface area contributed by atoms with E-state index in [-0.39, 0.29) is 23.2 Å². The number of rotatable bonds is 4. The average molecular weight is 341 g/mol. The van der Waals surface area contributed by atoms with Crippen LogP contribution in [0.25, 0.3) is 0 Å². The Balaban J connectivity index is 2.36. The van der Waals surface area contributed by atoms with Gasteiger partial charge in [0, 0.05) is 17.3 Å². The second-order valence-corrected chi connectivity index (χ2v) is 4.97. The van der Waals surface area contributed by atoms with Gasteiger partial charge in [-0.3, -0.25) is 4.79 Å². The maximum Gasteiger partial charge on any atom is 0.337 e. The number of halogens is 2.